The molecule has 4 heteroatoms. The van der Waals surface area contributed by atoms with Crippen LogP contribution in [0.5, 0.6) is 0 Å². The summed E-state index contributed by atoms with van der Waals surface area (Å²) in [6.45, 7) is 4.20. The van der Waals surface area contributed by atoms with Crippen LogP contribution in [0.4, 0.5) is 0 Å². The molecule has 0 N–H and O–H groups in total. The molecule has 0 spiro atoms. The Morgan fingerprint density at radius 2 is 2.08 bits per heavy atom. The lowest BCUT2D eigenvalue weighted by Gasteiger charge is -2.02. The third-order valence-electron chi connectivity index (χ3n) is 1.90. The molecule has 0 bridgehead atoms. The van der Waals surface area contributed by atoms with E-state index in [0.29, 0.717) is 6.04 Å². The maximum absolute atomic E-state index is 4.05. The number of aromatic nitrogens is 4. The Kier molecular flexibility index (Phi) is 1.43. The average Bonchev–Trinajstić information content (AvgIpc) is 2.43. The zero-order chi connectivity index (χ0) is 8.72. The zero-order valence-electron chi connectivity index (χ0n) is 7.52. The standard InChI is InChI=1S/C8H12N4/c1-6(2)12-8-5-11(3)4-7(8)9-10-12/h4-6H,1-3H3. The number of nitrogens with zero attached hydrogens (tertiary/aromatic N) is 4. The Balaban J connectivity index is 2.68. The summed E-state index contributed by atoms with van der Waals surface area (Å²) in [7, 11) is 1.99. The molecule has 0 saturated heterocycles. The van der Waals surface area contributed by atoms with Crippen molar-refractivity contribution in [3.8, 4) is 0 Å². The Bertz CT molecular complexity index is 396. The largest absolute Gasteiger partial charge is 0.353 e. The predicted molar refractivity (Wildman–Crippen MR) is 46.9 cm³/mol. The second kappa shape index (κ2) is 2.33. The summed E-state index contributed by atoms with van der Waals surface area (Å²) in [6.07, 6.45) is 4.01. The van der Waals surface area contributed by atoms with Crippen LogP contribution in [0.15, 0.2) is 12.4 Å². The molecule has 2 aromatic rings. The normalized spacial score (nSPS) is 11.7. The summed E-state index contributed by atoms with van der Waals surface area (Å²) < 4.78 is 3.92. The van der Waals surface area contributed by atoms with Crippen molar-refractivity contribution in [3.05, 3.63) is 12.4 Å². The monoisotopic (exact) mass is 164 g/mol. The molecule has 0 aliphatic carbocycles. The summed E-state index contributed by atoms with van der Waals surface area (Å²) in [6, 6.07) is 0.373. The highest BCUT2D eigenvalue weighted by Crippen LogP contribution is 2.14. The van der Waals surface area contributed by atoms with Crippen LogP contribution in [0.3, 0.4) is 0 Å². The van der Waals surface area contributed by atoms with E-state index in [9.17, 15) is 0 Å². The van der Waals surface area contributed by atoms with Gasteiger partial charge in [0.1, 0.15) is 11.0 Å². The van der Waals surface area contributed by atoms with Crippen LogP contribution in [0.1, 0.15) is 19.9 Å². The number of fused-ring (bicyclic) bond motifs is 1. The number of hydrogen-bond acceptors (Lipinski definition) is 2. The molecule has 0 amide bonds. The molecule has 0 aliphatic rings. The van der Waals surface area contributed by atoms with Gasteiger partial charge in [-0.1, -0.05) is 5.21 Å². The summed E-state index contributed by atoms with van der Waals surface area (Å²) in [5.41, 5.74) is 2.07. The number of hydrogen-bond donors (Lipinski definition) is 0. The number of rotatable bonds is 1. The van der Waals surface area contributed by atoms with Crippen molar-refractivity contribution in [3.63, 3.8) is 0 Å². The van der Waals surface area contributed by atoms with Crippen LogP contribution in [-0.2, 0) is 7.05 Å². The van der Waals surface area contributed by atoms with E-state index >= 15 is 0 Å². The van der Waals surface area contributed by atoms with Gasteiger partial charge in [0.05, 0.1) is 0 Å². The first-order valence-electron chi connectivity index (χ1n) is 4.05. The zero-order valence-corrected chi connectivity index (χ0v) is 7.52. The van der Waals surface area contributed by atoms with Crippen LogP contribution >= 0.6 is 0 Å². The SMILES string of the molecule is CC(C)n1nnc2cn(C)cc21. The molecule has 2 heterocycles. The third-order valence-corrected chi connectivity index (χ3v) is 1.90. The quantitative estimate of drug-likeness (QED) is 0.637. The third kappa shape index (κ3) is 0.913. The van der Waals surface area contributed by atoms with Crippen molar-refractivity contribution >= 4 is 11.0 Å². The minimum absolute atomic E-state index is 0.373. The van der Waals surface area contributed by atoms with Gasteiger partial charge in [-0.15, -0.1) is 5.10 Å². The van der Waals surface area contributed by atoms with Gasteiger partial charge in [0.2, 0.25) is 0 Å². The fourth-order valence-electron chi connectivity index (χ4n) is 1.33. The summed E-state index contributed by atoms with van der Waals surface area (Å²) in [5, 5.41) is 8.10. The van der Waals surface area contributed by atoms with E-state index in [1.807, 2.05) is 28.7 Å². The lowest BCUT2D eigenvalue weighted by Crippen LogP contribution is -2.02. The second-order valence-corrected chi connectivity index (χ2v) is 3.32. The first kappa shape index (κ1) is 7.34. The first-order chi connectivity index (χ1) is 5.68. The molecular weight excluding hydrogens is 152 g/mol. The molecule has 2 rings (SSSR count). The molecule has 12 heavy (non-hydrogen) atoms. The van der Waals surface area contributed by atoms with E-state index in [0.717, 1.165) is 11.0 Å². The molecule has 0 aromatic carbocycles. The van der Waals surface area contributed by atoms with Gasteiger partial charge in [0, 0.05) is 25.5 Å². The Morgan fingerprint density at radius 3 is 2.75 bits per heavy atom. The minimum atomic E-state index is 0.373. The molecular formula is C8H12N4. The molecule has 0 aliphatic heterocycles. The topological polar surface area (TPSA) is 35.6 Å². The molecule has 0 fully saturated rings. The van der Waals surface area contributed by atoms with E-state index in [-0.39, 0.29) is 0 Å². The molecule has 2 aromatic heterocycles. The van der Waals surface area contributed by atoms with Crippen LogP contribution in [0, 0.1) is 0 Å². The van der Waals surface area contributed by atoms with Gasteiger partial charge >= 0.3 is 0 Å². The van der Waals surface area contributed by atoms with Gasteiger partial charge in [-0.2, -0.15) is 0 Å². The Labute approximate surface area is 70.8 Å². The van der Waals surface area contributed by atoms with Crippen molar-refractivity contribution in [2.45, 2.75) is 19.9 Å². The minimum Gasteiger partial charge on any atom is -0.353 e. The lowest BCUT2D eigenvalue weighted by atomic mass is 10.4. The summed E-state index contributed by atoms with van der Waals surface area (Å²) >= 11 is 0. The van der Waals surface area contributed by atoms with Gasteiger partial charge in [-0.25, -0.2) is 4.68 Å². The van der Waals surface area contributed by atoms with Gasteiger partial charge in [0.25, 0.3) is 0 Å². The van der Waals surface area contributed by atoms with E-state index < -0.39 is 0 Å². The van der Waals surface area contributed by atoms with Gasteiger partial charge in [-0.3, -0.25) is 0 Å². The van der Waals surface area contributed by atoms with Crippen LogP contribution in [0.25, 0.3) is 11.0 Å². The lowest BCUT2D eigenvalue weighted by molar-refractivity contribution is 0.528. The van der Waals surface area contributed by atoms with Gasteiger partial charge < -0.3 is 4.57 Å². The van der Waals surface area contributed by atoms with Crippen molar-refractivity contribution < 1.29 is 0 Å². The van der Waals surface area contributed by atoms with Crippen molar-refractivity contribution in [1.82, 2.24) is 19.6 Å². The highest BCUT2D eigenvalue weighted by molar-refractivity contribution is 5.73. The maximum Gasteiger partial charge on any atom is 0.130 e. The van der Waals surface area contributed by atoms with Gasteiger partial charge in [-0.05, 0) is 13.8 Å². The maximum atomic E-state index is 4.05. The Morgan fingerprint density at radius 1 is 1.33 bits per heavy atom. The molecule has 0 atom stereocenters. The van der Waals surface area contributed by atoms with Crippen LogP contribution in [-0.4, -0.2) is 19.6 Å². The van der Waals surface area contributed by atoms with E-state index in [1.165, 1.54) is 0 Å². The van der Waals surface area contributed by atoms with E-state index in [4.69, 9.17) is 0 Å². The highest BCUT2D eigenvalue weighted by atomic mass is 15.4. The molecule has 0 unspecified atom stereocenters. The Hall–Kier alpha value is -1.32. The van der Waals surface area contributed by atoms with Crippen LogP contribution < -0.4 is 0 Å². The molecule has 4 nitrogen and oxygen atoms in total. The molecule has 0 saturated carbocycles. The number of aryl methyl sites for hydroxylation is 1. The molecule has 64 valence electrons. The fraction of sp³-hybridized carbons (Fsp3) is 0.500. The second-order valence-electron chi connectivity index (χ2n) is 3.32. The highest BCUT2D eigenvalue weighted by Gasteiger charge is 2.07. The van der Waals surface area contributed by atoms with Crippen molar-refractivity contribution in [2.24, 2.45) is 7.05 Å². The van der Waals surface area contributed by atoms with E-state index in [1.54, 1.807) is 0 Å². The summed E-state index contributed by atoms with van der Waals surface area (Å²) in [4.78, 5) is 0. The smallest absolute Gasteiger partial charge is 0.130 e. The van der Waals surface area contributed by atoms with Gasteiger partial charge in [0.15, 0.2) is 0 Å². The van der Waals surface area contributed by atoms with Crippen molar-refractivity contribution in [1.29, 1.82) is 0 Å². The predicted octanol–water partition coefficient (Wildman–Crippen LogP) is 1.35. The average molecular weight is 164 g/mol. The fourth-order valence-corrected chi connectivity index (χ4v) is 1.33. The first-order valence-corrected chi connectivity index (χ1v) is 4.05. The summed E-state index contributed by atoms with van der Waals surface area (Å²) in [5.74, 6) is 0. The van der Waals surface area contributed by atoms with Crippen LogP contribution in [0.2, 0.25) is 0 Å². The van der Waals surface area contributed by atoms with Crippen molar-refractivity contribution in [2.75, 3.05) is 0 Å². The molecule has 0 radical (unpaired) electrons. The van der Waals surface area contributed by atoms with E-state index in [2.05, 4.69) is 24.2 Å².